The highest BCUT2D eigenvalue weighted by Gasteiger charge is 2.78. The highest BCUT2D eigenvalue weighted by Crippen LogP contribution is 2.64. The second-order valence-corrected chi connectivity index (χ2v) is 25.3. The van der Waals surface area contributed by atoms with Crippen molar-refractivity contribution in [2.75, 3.05) is 52.7 Å². The third kappa shape index (κ3) is 15.6. The van der Waals surface area contributed by atoms with E-state index < -0.39 is 137 Å². The van der Waals surface area contributed by atoms with Crippen LogP contribution in [0, 0.1) is 34.5 Å². The number of rotatable bonds is 30. The van der Waals surface area contributed by atoms with Crippen molar-refractivity contribution < 1.29 is 96.0 Å². The molecule has 0 spiro atoms. The summed E-state index contributed by atoms with van der Waals surface area (Å²) in [7, 11) is 0. The van der Waals surface area contributed by atoms with Gasteiger partial charge in [0.15, 0.2) is 17.5 Å². The van der Waals surface area contributed by atoms with Crippen LogP contribution in [-0.2, 0) is 71.4 Å². The third-order valence-electron chi connectivity index (χ3n) is 19.1. The molecule has 4 fully saturated rings. The Morgan fingerprint density at radius 3 is 1.90 bits per heavy atom. The van der Waals surface area contributed by atoms with E-state index in [1.807, 2.05) is 0 Å². The van der Waals surface area contributed by atoms with Crippen LogP contribution in [0.25, 0.3) is 0 Å². The molecule has 500 valence electrons. The largest absolute Gasteiger partial charge is 0.455 e. The van der Waals surface area contributed by atoms with Crippen LogP contribution in [0.5, 0.6) is 0 Å². The average molecular weight is 1280 g/mol. The van der Waals surface area contributed by atoms with Gasteiger partial charge in [0.05, 0.1) is 62.6 Å². The Hall–Kier alpha value is -7.57. The van der Waals surface area contributed by atoms with E-state index in [1.165, 1.54) is 52.0 Å². The molecule has 5 aliphatic rings. The molecule has 2 bridgehead atoms. The summed E-state index contributed by atoms with van der Waals surface area (Å²) in [4.78, 5) is 126. The summed E-state index contributed by atoms with van der Waals surface area (Å²) in [6, 6.07) is 22.5. The number of carbonyl (C=O) groups is 9. The second kappa shape index (κ2) is 30.9. The summed E-state index contributed by atoms with van der Waals surface area (Å²) in [5.41, 5.74) is -7.74. The molecule has 8 rings (SSSR count). The lowest BCUT2D eigenvalue weighted by molar-refractivity contribution is -0.346. The van der Waals surface area contributed by atoms with Gasteiger partial charge in [-0.2, -0.15) is 0 Å². The number of aliphatic hydroxyl groups excluding tert-OH is 1. The second-order valence-electron chi connectivity index (χ2n) is 25.3. The normalized spacial score (nSPS) is 28.1. The fraction of sp³-hybridized carbons (Fsp3) is 0.580. The number of amides is 3. The van der Waals surface area contributed by atoms with E-state index in [-0.39, 0.29) is 87.7 Å². The molecule has 0 radical (unpaired) electrons. The topological polar surface area (TPSA) is 313 Å². The number of hydrogen-bond donors (Lipinski definition) is 5. The molecule has 3 amide bonds. The minimum atomic E-state index is -2.51. The standard InChI is InChI=1S/C69H89N3O20/c1-9-21-47-48(22-10-2)49(47)39-86-65(82)71-32-34-85-36-35-84-33-31-70-53(76)29-20-30-54(77)90-58(56(44-23-14-11-15-24-44)72-62(79)45-25-16-12-17-26-45)64(81)89-50-38-69(83)61(91-63(80)46-27-18-13-19-28-46)59-67(8,51(75)37-52-68(59,40-87-52)92-43(5)74)60(78)57(88-42(4)73)55(41(50)3)66(69,6)7/h11-19,23-28,47-52,56-59,61,75,83H,9-10,20-22,29-40H2,1-8H3,(H,70,76)(H,71,82)(H,72,79)/t47-,48+,49-,50-,51-,52+,56-,57+,58+,59?,61-,67+,68-,69+/m0/s1. The SMILES string of the molecule is CCC[C@@H]1[C@H](CCC)[C@@H]1COC(=O)NCCOCCOCCNC(=O)CCCC(=O)O[C@@H](C(=O)O[C@H]1C[C@@]2(O)[C@@H](OC(=O)c3ccccc3)C3[C@](C)(C(=O)[C@H](OC(C)=O)C(=C1C)C2(C)C)[C@@H](O)C[C@H]1OC[C@@]31OC(C)=O)[C@@H](NC(=O)c1ccccc1)c1ccccc1. The Morgan fingerprint density at radius 2 is 1.33 bits per heavy atom. The van der Waals surface area contributed by atoms with Gasteiger partial charge in [0.2, 0.25) is 12.0 Å². The molecular formula is C69H89N3O20. The number of ether oxygens (including phenoxy) is 9. The monoisotopic (exact) mass is 1280 g/mol. The number of alkyl carbamates (subject to hydrolysis) is 1. The van der Waals surface area contributed by atoms with Gasteiger partial charge in [-0.05, 0) is 79.0 Å². The predicted molar refractivity (Wildman–Crippen MR) is 330 cm³/mol. The van der Waals surface area contributed by atoms with Crippen molar-refractivity contribution in [2.24, 2.45) is 34.5 Å². The molecule has 3 aromatic carbocycles. The number of fused-ring (bicyclic) bond motifs is 5. The molecule has 4 aliphatic carbocycles. The van der Waals surface area contributed by atoms with Crippen LogP contribution in [0.15, 0.2) is 102 Å². The van der Waals surface area contributed by atoms with Crippen LogP contribution in [-0.4, -0.2) is 164 Å². The molecule has 5 N–H and O–H groups in total. The molecule has 1 unspecified atom stereocenters. The van der Waals surface area contributed by atoms with Crippen LogP contribution in [0.4, 0.5) is 4.79 Å². The molecule has 14 atom stereocenters. The summed E-state index contributed by atoms with van der Waals surface area (Å²) in [6.07, 6.45) is -7.62. The molecule has 1 saturated heterocycles. The number of aliphatic hydroxyl groups is 2. The summed E-state index contributed by atoms with van der Waals surface area (Å²) in [6.45, 7) is 13.8. The highest BCUT2D eigenvalue weighted by atomic mass is 16.6. The number of carbonyl (C=O) groups excluding carboxylic acids is 9. The van der Waals surface area contributed by atoms with Gasteiger partial charge in [0.25, 0.3) is 5.91 Å². The zero-order chi connectivity index (χ0) is 66.5. The fourth-order valence-electron chi connectivity index (χ4n) is 14.3. The lowest BCUT2D eigenvalue weighted by Gasteiger charge is -2.67. The van der Waals surface area contributed by atoms with Crippen molar-refractivity contribution in [3.05, 3.63) is 119 Å². The van der Waals surface area contributed by atoms with Crippen molar-refractivity contribution >= 4 is 53.5 Å². The third-order valence-corrected chi connectivity index (χ3v) is 19.1. The van der Waals surface area contributed by atoms with Crippen molar-refractivity contribution in [1.82, 2.24) is 16.0 Å². The Kier molecular flexibility index (Phi) is 23.6. The Morgan fingerprint density at radius 1 is 0.728 bits per heavy atom. The fourth-order valence-corrected chi connectivity index (χ4v) is 14.3. The summed E-state index contributed by atoms with van der Waals surface area (Å²) >= 11 is 0. The van der Waals surface area contributed by atoms with E-state index >= 15 is 9.59 Å². The molecule has 23 heteroatoms. The molecular weight excluding hydrogens is 1190 g/mol. The predicted octanol–water partition coefficient (Wildman–Crippen LogP) is 6.79. The van der Waals surface area contributed by atoms with Crippen LogP contribution >= 0.6 is 0 Å². The zero-order valence-electron chi connectivity index (χ0n) is 53.8. The number of benzene rings is 3. The molecule has 92 heavy (non-hydrogen) atoms. The van der Waals surface area contributed by atoms with Crippen LogP contribution in [0.3, 0.4) is 0 Å². The average Bonchev–Trinajstić information content (AvgIpc) is 0.804. The van der Waals surface area contributed by atoms with Crippen molar-refractivity contribution in [3.8, 4) is 0 Å². The van der Waals surface area contributed by atoms with Gasteiger partial charge in [-0.25, -0.2) is 14.4 Å². The highest BCUT2D eigenvalue weighted by molar-refractivity contribution is 5.96. The first-order valence-corrected chi connectivity index (χ1v) is 32.0. The van der Waals surface area contributed by atoms with E-state index in [1.54, 1.807) is 66.7 Å². The molecule has 3 saturated carbocycles. The van der Waals surface area contributed by atoms with Gasteiger partial charge < -0.3 is 68.8 Å². The van der Waals surface area contributed by atoms with Crippen molar-refractivity contribution in [2.45, 2.75) is 167 Å². The van der Waals surface area contributed by atoms with Crippen LogP contribution in [0.1, 0.15) is 145 Å². The summed E-state index contributed by atoms with van der Waals surface area (Å²) in [5, 5.41) is 34.7. The first kappa shape index (κ1) is 70.3. The first-order chi connectivity index (χ1) is 43.9. The lowest BCUT2D eigenvalue weighted by atomic mass is 9.44. The van der Waals surface area contributed by atoms with Gasteiger partial charge >= 0.3 is 35.9 Å². The van der Waals surface area contributed by atoms with Gasteiger partial charge in [0.1, 0.15) is 30.0 Å². The smallest absolute Gasteiger partial charge is 0.407 e. The van der Waals surface area contributed by atoms with Crippen molar-refractivity contribution in [3.63, 3.8) is 0 Å². The maximum absolute atomic E-state index is 15.9. The Labute approximate surface area is 536 Å². The van der Waals surface area contributed by atoms with Gasteiger partial charge in [-0.15, -0.1) is 0 Å². The van der Waals surface area contributed by atoms with E-state index in [0.717, 1.165) is 39.5 Å². The van der Waals surface area contributed by atoms with Gasteiger partial charge in [-0.3, -0.25) is 28.8 Å². The van der Waals surface area contributed by atoms with E-state index in [4.69, 9.17) is 42.6 Å². The summed E-state index contributed by atoms with van der Waals surface area (Å²) < 4.78 is 53.7. The Balaban J connectivity index is 0.995. The van der Waals surface area contributed by atoms with Crippen molar-refractivity contribution in [1.29, 1.82) is 0 Å². The number of hydrogen-bond acceptors (Lipinski definition) is 20. The molecule has 1 heterocycles. The maximum atomic E-state index is 15.9. The Bertz CT molecular complexity index is 3130. The summed E-state index contributed by atoms with van der Waals surface area (Å²) in [5.74, 6) is -6.91. The molecule has 1 aliphatic heterocycles. The first-order valence-electron chi connectivity index (χ1n) is 32.0. The minimum absolute atomic E-state index is 0.0244. The van der Waals surface area contributed by atoms with Crippen LogP contribution < -0.4 is 16.0 Å². The quantitative estimate of drug-likeness (QED) is 0.0198. The zero-order valence-corrected chi connectivity index (χ0v) is 53.8. The maximum Gasteiger partial charge on any atom is 0.407 e. The number of esters is 5. The van der Waals surface area contributed by atoms with Gasteiger partial charge in [-0.1, -0.05) is 120 Å². The van der Waals surface area contributed by atoms with Gasteiger partial charge in [0, 0.05) is 63.6 Å². The van der Waals surface area contributed by atoms with E-state index in [9.17, 15) is 43.8 Å². The molecule has 3 aromatic rings. The van der Waals surface area contributed by atoms with E-state index in [0.29, 0.717) is 29.9 Å². The lowest BCUT2D eigenvalue weighted by Crippen LogP contribution is -2.82. The number of nitrogens with one attached hydrogen (secondary N) is 3. The minimum Gasteiger partial charge on any atom is -0.455 e. The van der Waals surface area contributed by atoms with E-state index in [2.05, 4.69) is 29.8 Å². The molecule has 0 aromatic heterocycles. The molecule has 23 nitrogen and oxygen atoms in total. The number of ketones is 1. The number of Topliss-reactive ketones (excluding diaryl/α,β-unsaturated/α-hetero) is 1. The van der Waals surface area contributed by atoms with Crippen LogP contribution in [0.2, 0.25) is 0 Å².